The number of rotatable bonds is 1. The van der Waals surface area contributed by atoms with E-state index in [1.807, 2.05) is 0 Å². The molecule has 2 heterocycles. The summed E-state index contributed by atoms with van der Waals surface area (Å²) >= 11 is 0. The number of nitrogens with zero attached hydrogens (tertiary/aromatic N) is 1. The summed E-state index contributed by atoms with van der Waals surface area (Å²) in [4.78, 5) is 0. The minimum Gasteiger partial charge on any atom is -0.361 e. The highest BCUT2D eigenvalue weighted by Gasteiger charge is 2.28. The zero-order valence-electron chi connectivity index (χ0n) is 9.96. The lowest BCUT2D eigenvalue weighted by Gasteiger charge is -2.23. The molecule has 1 unspecified atom stereocenters. The Morgan fingerprint density at radius 1 is 1.25 bits per heavy atom. The van der Waals surface area contributed by atoms with E-state index in [0.29, 0.717) is 5.92 Å². The average molecular weight is 220 g/mol. The third-order valence-electron chi connectivity index (χ3n) is 4.04. The van der Waals surface area contributed by atoms with E-state index in [1.165, 1.54) is 42.7 Å². The van der Waals surface area contributed by atoms with Crippen molar-refractivity contribution < 1.29 is 4.52 Å². The van der Waals surface area contributed by atoms with Crippen LogP contribution in [0, 0.1) is 5.92 Å². The molecule has 1 aromatic heterocycles. The molecule has 16 heavy (non-hydrogen) atoms. The molecule has 3 heteroatoms. The predicted octanol–water partition coefficient (Wildman–Crippen LogP) is 2.27. The van der Waals surface area contributed by atoms with Gasteiger partial charge in [-0.25, -0.2) is 0 Å². The van der Waals surface area contributed by atoms with Gasteiger partial charge in [-0.15, -0.1) is 0 Å². The fourth-order valence-electron chi connectivity index (χ4n) is 3.01. The Labute approximate surface area is 96.6 Å². The molecule has 1 aliphatic carbocycles. The molecule has 1 saturated heterocycles. The molecule has 2 aliphatic rings. The van der Waals surface area contributed by atoms with Gasteiger partial charge in [0.1, 0.15) is 5.76 Å². The first-order valence-corrected chi connectivity index (χ1v) is 6.52. The van der Waals surface area contributed by atoms with E-state index in [2.05, 4.69) is 17.4 Å². The lowest BCUT2D eigenvalue weighted by Crippen LogP contribution is -2.27. The van der Waals surface area contributed by atoms with Gasteiger partial charge in [0.25, 0.3) is 0 Å². The number of aromatic nitrogens is 1. The van der Waals surface area contributed by atoms with E-state index < -0.39 is 0 Å². The Morgan fingerprint density at radius 3 is 2.88 bits per heavy atom. The van der Waals surface area contributed by atoms with Gasteiger partial charge in [0.2, 0.25) is 0 Å². The molecule has 0 amide bonds. The molecule has 0 aromatic carbocycles. The number of nitrogens with one attached hydrogen (secondary N) is 1. The van der Waals surface area contributed by atoms with Gasteiger partial charge in [0, 0.05) is 11.5 Å². The molecular weight excluding hydrogens is 200 g/mol. The van der Waals surface area contributed by atoms with Crippen molar-refractivity contribution >= 4 is 0 Å². The highest BCUT2D eigenvalue weighted by molar-refractivity contribution is 5.28. The minimum absolute atomic E-state index is 0.614. The average Bonchev–Trinajstić information content (AvgIpc) is 2.73. The van der Waals surface area contributed by atoms with Crippen LogP contribution < -0.4 is 5.32 Å². The van der Waals surface area contributed by atoms with Gasteiger partial charge in [-0.1, -0.05) is 12.1 Å². The van der Waals surface area contributed by atoms with E-state index >= 15 is 0 Å². The van der Waals surface area contributed by atoms with Crippen molar-refractivity contribution in [2.24, 2.45) is 5.92 Å². The van der Waals surface area contributed by atoms with Crippen molar-refractivity contribution in [1.29, 1.82) is 0 Å². The van der Waals surface area contributed by atoms with E-state index in [1.54, 1.807) is 0 Å². The third-order valence-corrected chi connectivity index (χ3v) is 4.04. The summed E-state index contributed by atoms with van der Waals surface area (Å²) in [6, 6.07) is 0. The molecule has 3 rings (SSSR count). The third kappa shape index (κ3) is 1.77. The molecule has 1 fully saturated rings. The second kappa shape index (κ2) is 4.21. The maximum Gasteiger partial charge on any atom is 0.143 e. The molecule has 88 valence electrons. The molecule has 1 aromatic rings. The zero-order valence-corrected chi connectivity index (χ0v) is 9.96. The summed E-state index contributed by atoms with van der Waals surface area (Å²) in [5.41, 5.74) is 2.69. The lowest BCUT2D eigenvalue weighted by molar-refractivity contribution is 0.324. The fraction of sp³-hybridized carbons (Fsp3) is 0.769. The van der Waals surface area contributed by atoms with Gasteiger partial charge in [0.05, 0.1) is 5.69 Å². The summed E-state index contributed by atoms with van der Waals surface area (Å²) in [7, 11) is 0. The first-order chi connectivity index (χ1) is 7.84. The van der Waals surface area contributed by atoms with Crippen LogP contribution >= 0.6 is 0 Å². The van der Waals surface area contributed by atoms with Crippen molar-refractivity contribution in [3.05, 3.63) is 17.0 Å². The predicted molar refractivity (Wildman–Crippen MR) is 62.5 cm³/mol. The van der Waals surface area contributed by atoms with E-state index in [9.17, 15) is 0 Å². The summed E-state index contributed by atoms with van der Waals surface area (Å²) in [6.07, 6.45) is 5.97. The highest BCUT2D eigenvalue weighted by atomic mass is 16.5. The molecule has 0 radical (unpaired) electrons. The zero-order chi connectivity index (χ0) is 11.0. The second-order valence-corrected chi connectivity index (χ2v) is 5.34. The first-order valence-electron chi connectivity index (χ1n) is 6.52. The van der Waals surface area contributed by atoms with Crippen molar-refractivity contribution in [1.82, 2.24) is 10.5 Å². The summed E-state index contributed by atoms with van der Waals surface area (Å²) in [5.74, 6) is 2.62. The smallest absolute Gasteiger partial charge is 0.143 e. The van der Waals surface area contributed by atoms with Gasteiger partial charge >= 0.3 is 0 Å². The van der Waals surface area contributed by atoms with Crippen molar-refractivity contribution in [2.75, 3.05) is 13.1 Å². The molecule has 1 aliphatic heterocycles. The SMILES string of the molecule is CC1CCc2noc(C3CCNCC3)c2C1. The van der Waals surface area contributed by atoms with Crippen molar-refractivity contribution in [3.8, 4) is 0 Å². The Hall–Kier alpha value is -0.830. The number of piperidine rings is 1. The highest BCUT2D eigenvalue weighted by Crippen LogP contribution is 2.34. The van der Waals surface area contributed by atoms with Gasteiger partial charge < -0.3 is 9.84 Å². The van der Waals surface area contributed by atoms with E-state index in [-0.39, 0.29) is 0 Å². The maximum atomic E-state index is 5.63. The molecule has 0 spiro atoms. The van der Waals surface area contributed by atoms with Crippen LogP contribution in [0.15, 0.2) is 4.52 Å². The molecule has 0 saturated carbocycles. The lowest BCUT2D eigenvalue weighted by atomic mass is 9.83. The van der Waals surface area contributed by atoms with Gasteiger partial charge in [0.15, 0.2) is 0 Å². The Morgan fingerprint density at radius 2 is 2.06 bits per heavy atom. The number of hydrogen-bond donors (Lipinski definition) is 1. The largest absolute Gasteiger partial charge is 0.361 e. The molecule has 3 nitrogen and oxygen atoms in total. The Kier molecular flexibility index (Phi) is 2.72. The summed E-state index contributed by atoms with van der Waals surface area (Å²) < 4.78 is 5.63. The normalized spacial score (nSPS) is 26.7. The number of fused-ring (bicyclic) bond motifs is 1. The van der Waals surface area contributed by atoms with E-state index in [4.69, 9.17) is 4.52 Å². The van der Waals surface area contributed by atoms with Gasteiger partial charge in [-0.3, -0.25) is 0 Å². The second-order valence-electron chi connectivity index (χ2n) is 5.34. The van der Waals surface area contributed by atoms with Crippen LogP contribution in [0.3, 0.4) is 0 Å². The van der Waals surface area contributed by atoms with Crippen LogP contribution in [0.2, 0.25) is 0 Å². The van der Waals surface area contributed by atoms with Crippen LogP contribution in [0.4, 0.5) is 0 Å². The molecule has 1 atom stereocenters. The monoisotopic (exact) mass is 220 g/mol. The van der Waals surface area contributed by atoms with Crippen LogP contribution in [0.1, 0.15) is 49.1 Å². The van der Waals surface area contributed by atoms with Crippen LogP contribution in [0.25, 0.3) is 0 Å². The maximum absolute atomic E-state index is 5.63. The van der Waals surface area contributed by atoms with Gasteiger partial charge in [-0.05, 0) is 51.1 Å². The standard InChI is InChI=1S/C13H20N2O/c1-9-2-3-12-11(8-9)13(16-15-12)10-4-6-14-7-5-10/h9-10,14H,2-8H2,1H3. The number of aryl methyl sites for hydroxylation is 1. The van der Waals surface area contributed by atoms with Crippen molar-refractivity contribution in [2.45, 2.75) is 44.9 Å². The molecule has 0 bridgehead atoms. The fourth-order valence-corrected chi connectivity index (χ4v) is 3.01. The Balaban J connectivity index is 1.86. The van der Waals surface area contributed by atoms with Crippen LogP contribution in [-0.2, 0) is 12.8 Å². The quantitative estimate of drug-likeness (QED) is 0.789. The minimum atomic E-state index is 0.614. The number of hydrogen-bond acceptors (Lipinski definition) is 3. The molecular formula is C13H20N2O. The Bertz CT molecular complexity index is 366. The van der Waals surface area contributed by atoms with Crippen LogP contribution in [-0.4, -0.2) is 18.2 Å². The van der Waals surface area contributed by atoms with Crippen LogP contribution in [0.5, 0.6) is 0 Å². The first kappa shape index (κ1) is 10.3. The van der Waals surface area contributed by atoms with Gasteiger partial charge in [-0.2, -0.15) is 0 Å². The topological polar surface area (TPSA) is 38.1 Å². The van der Waals surface area contributed by atoms with E-state index in [0.717, 1.165) is 25.4 Å². The summed E-state index contributed by atoms with van der Waals surface area (Å²) in [6.45, 7) is 4.58. The molecule has 1 N–H and O–H groups in total. The summed E-state index contributed by atoms with van der Waals surface area (Å²) in [5, 5.41) is 7.67. The van der Waals surface area contributed by atoms with Crippen molar-refractivity contribution in [3.63, 3.8) is 0 Å².